The lowest BCUT2D eigenvalue weighted by Crippen LogP contribution is -3.13. The standard InChI is InChI=1S/C21H21NO/c1-2-22-15-19(13-17-9-5-3-6-10-17)21(23)20(16-22)14-18-11-7-4-8-12-18/h3-14H,2,15-16H2,1H3/p+1. The largest absolute Gasteiger partial charge is 0.327 e. The van der Waals surface area contributed by atoms with Gasteiger partial charge in [-0.2, -0.15) is 0 Å². The van der Waals surface area contributed by atoms with Gasteiger partial charge in [-0.25, -0.2) is 0 Å². The Hall–Kier alpha value is -2.45. The molecule has 2 heteroatoms. The fraction of sp³-hybridized carbons (Fsp3) is 0.190. The number of likely N-dealkylation sites (N-methyl/N-ethyl adjacent to an activating group) is 1. The van der Waals surface area contributed by atoms with Crippen molar-refractivity contribution in [3.63, 3.8) is 0 Å². The molecule has 3 rings (SSSR count). The van der Waals surface area contributed by atoms with E-state index in [0.29, 0.717) is 0 Å². The molecule has 23 heavy (non-hydrogen) atoms. The number of benzene rings is 2. The molecule has 2 aromatic rings. The molecular weight excluding hydrogens is 282 g/mol. The van der Waals surface area contributed by atoms with Gasteiger partial charge in [0.2, 0.25) is 0 Å². The number of hydrogen-bond donors (Lipinski definition) is 1. The minimum atomic E-state index is 0.190. The molecule has 1 fully saturated rings. The van der Waals surface area contributed by atoms with Gasteiger partial charge in [0.15, 0.2) is 5.78 Å². The van der Waals surface area contributed by atoms with E-state index in [1.165, 1.54) is 4.90 Å². The summed E-state index contributed by atoms with van der Waals surface area (Å²) in [6.07, 6.45) is 4.08. The summed E-state index contributed by atoms with van der Waals surface area (Å²) < 4.78 is 0. The zero-order valence-corrected chi connectivity index (χ0v) is 13.5. The van der Waals surface area contributed by atoms with Gasteiger partial charge in [0.1, 0.15) is 13.1 Å². The first-order valence-corrected chi connectivity index (χ1v) is 8.16. The lowest BCUT2D eigenvalue weighted by molar-refractivity contribution is -0.889. The molecule has 1 aliphatic heterocycles. The van der Waals surface area contributed by atoms with E-state index in [1.54, 1.807) is 0 Å². The summed E-state index contributed by atoms with van der Waals surface area (Å²) in [6.45, 7) is 4.80. The number of carbonyl (C=O) groups is 1. The number of likely N-dealkylation sites (tertiary alicyclic amines) is 1. The third-order valence-electron chi connectivity index (χ3n) is 4.25. The molecule has 2 aromatic carbocycles. The highest BCUT2D eigenvalue weighted by Crippen LogP contribution is 2.15. The highest BCUT2D eigenvalue weighted by molar-refractivity contribution is 6.14. The van der Waals surface area contributed by atoms with Crippen LogP contribution in [0.3, 0.4) is 0 Å². The van der Waals surface area contributed by atoms with Gasteiger partial charge in [-0.15, -0.1) is 0 Å². The fourth-order valence-electron chi connectivity index (χ4n) is 2.95. The molecule has 116 valence electrons. The molecule has 0 radical (unpaired) electrons. The maximum Gasteiger partial charge on any atom is 0.196 e. The van der Waals surface area contributed by atoms with E-state index in [-0.39, 0.29) is 5.78 Å². The summed E-state index contributed by atoms with van der Waals surface area (Å²) in [5.41, 5.74) is 3.99. The highest BCUT2D eigenvalue weighted by atomic mass is 16.1. The average Bonchev–Trinajstić information content (AvgIpc) is 2.60. The van der Waals surface area contributed by atoms with E-state index in [0.717, 1.165) is 41.9 Å². The minimum absolute atomic E-state index is 0.190. The van der Waals surface area contributed by atoms with Crippen LogP contribution < -0.4 is 4.90 Å². The lowest BCUT2D eigenvalue weighted by atomic mass is 9.94. The Kier molecular flexibility index (Phi) is 4.84. The number of nitrogens with one attached hydrogen (secondary N) is 1. The quantitative estimate of drug-likeness (QED) is 0.865. The Bertz CT molecular complexity index is 667. The SMILES string of the molecule is CC[NH+]1CC(=Cc2ccccc2)C(=O)C(=Cc2ccccc2)C1. The van der Waals surface area contributed by atoms with Gasteiger partial charge in [0.05, 0.1) is 17.7 Å². The van der Waals surface area contributed by atoms with Gasteiger partial charge in [0, 0.05) is 0 Å². The summed E-state index contributed by atoms with van der Waals surface area (Å²) >= 11 is 0. The van der Waals surface area contributed by atoms with Crippen molar-refractivity contribution in [2.24, 2.45) is 0 Å². The molecule has 0 aromatic heterocycles. The lowest BCUT2D eigenvalue weighted by Gasteiger charge is -2.25. The third kappa shape index (κ3) is 3.85. The maximum atomic E-state index is 12.8. The van der Waals surface area contributed by atoms with E-state index in [4.69, 9.17) is 0 Å². The maximum absolute atomic E-state index is 12.8. The van der Waals surface area contributed by atoms with Gasteiger partial charge in [0.25, 0.3) is 0 Å². The van der Waals surface area contributed by atoms with Crippen LogP contribution >= 0.6 is 0 Å². The number of Topliss-reactive ketones (excluding diaryl/α,β-unsaturated/α-hetero) is 1. The van der Waals surface area contributed by atoms with E-state index in [9.17, 15) is 4.79 Å². The van der Waals surface area contributed by atoms with Crippen molar-refractivity contribution in [2.45, 2.75) is 6.92 Å². The van der Waals surface area contributed by atoms with Crippen LogP contribution in [-0.2, 0) is 4.79 Å². The summed E-state index contributed by atoms with van der Waals surface area (Å²) in [5, 5.41) is 0. The van der Waals surface area contributed by atoms with E-state index in [1.807, 2.05) is 72.8 Å². The van der Waals surface area contributed by atoms with Crippen molar-refractivity contribution < 1.29 is 9.69 Å². The van der Waals surface area contributed by atoms with Crippen LogP contribution in [0.1, 0.15) is 18.1 Å². The molecule has 1 heterocycles. The van der Waals surface area contributed by atoms with E-state index in [2.05, 4.69) is 6.92 Å². The Morgan fingerprint density at radius 1 is 0.826 bits per heavy atom. The Morgan fingerprint density at radius 2 is 1.26 bits per heavy atom. The van der Waals surface area contributed by atoms with Crippen LogP contribution in [0.2, 0.25) is 0 Å². The molecule has 0 saturated carbocycles. The fourth-order valence-corrected chi connectivity index (χ4v) is 2.95. The van der Waals surface area contributed by atoms with Crippen LogP contribution in [0, 0.1) is 0 Å². The van der Waals surface area contributed by atoms with Crippen molar-refractivity contribution in [2.75, 3.05) is 19.6 Å². The summed E-state index contributed by atoms with van der Waals surface area (Å²) in [6, 6.07) is 20.2. The first-order chi connectivity index (χ1) is 11.3. The second kappa shape index (κ2) is 7.21. The zero-order valence-electron chi connectivity index (χ0n) is 13.5. The smallest absolute Gasteiger partial charge is 0.196 e. The third-order valence-corrected chi connectivity index (χ3v) is 4.25. The van der Waals surface area contributed by atoms with Crippen LogP contribution in [-0.4, -0.2) is 25.4 Å². The van der Waals surface area contributed by atoms with Gasteiger partial charge in [-0.05, 0) is 30.2 Å². The Labute approximate surface area is 137 Å². The molecule has 0 spiro atoms. The predicted octanol–water partition coefficient (Wildman–Crippen LogP) is 2.64. The molecular formula is C21H22NO+. The van der Waals surface area contributed by atoms with Crippen molar-refractivity contribution in [1.82, 2.24) is 0 Å². The highest BCUT2D eigenvalue weighted by Gasteiger charge is 2.28. The number of rotatable bonds is 3. The van der Waals surface area contributed by atoms with Crippen LogP contribution in [0.15, 0.2) is 71.8 Å². The number of quaternary nitrogens is 1. The van der Waals surface area contributed by atoms with Crippen LogP contribution in [0.4, 0.5) is 0 Å². The molecule has 0 atom stereocenters. The Balaban J connectivity index is 1.94. The van der Waals surface area contributed by atoms with Crippen LogP contribution in [0.25, 0.3) is 12.2 Å². The van der Waals surface area contributed by atoms with Gasteiger partial charge < -0.3 is 4.90 Å². The number of piperidine rings is 1. The normalized spacial score (nSPS) is 21.8. The molecule has 0 bridgehead atoms. The molecule has 1 saturated heterocycles. The average molecular weight is 304 g/mol. The van der Waals surface area contributed by atoms with Gasteiger partial charge >= 0.3 is 0 Å². The van der Waals surface area contributed by atoms with Crippen molar-refractivity contribution in [1.29, 1.82) is 0 Å². The van der Waals surface area contributed by atoms with Gasteiger partial charge in [-0.1, -0.05) is 60.7 Å². The topological polar surface area (TPSA) is 21.5 Å². The monoisotopic (exact) mass is 304 g/mol. The second-order valence-corrected chi connectivity index (χ2v) is 5.95. The molecule has 1 aliphatic rings. The number of ketones is 1. The molecule has 2 nitrogen and oxygen atoms in total. The number of carbonyl (C=O) groups excluding carboxylic acids is 1. The molecule has 1 N–H and O–H groups in total. The van der Waals surface area contributed by atoms with E-state index < -0.39 is 0 Å². The molecule has 0 amide bonds. The van der Waals surface area contributed by atoms with E-state index >= 15 is 0 Å². The summed E-state index contributed by atoms with van der Waals surface area (Å²) in [7, 11) is 0. The molecule has 0 unspecified atom stereocenters. The zero-order chi connectivity index (χ0) is 16.1. The first kappa shape index (κ1) is 15.4. The Morgan fingerprint density at radius 3 is 1.65 bits per heavy atom. The second-order valence-electron chi connectivity index (χ2n) is 5.95. The minimum Gasteiger partial charge on any atom is -0.327 e. The van der Waals surface area contributed by atoms with Crippen molar-refractivity contribution >= 4 is 17.9 Å². The number of hydrogen-bond acceptors (Lipinski definition) is 1. The predicted molar refractivity (Wildman–Crippen MR) is 95.1 cm³/mol. The van der Waals surface area contributed by atoms with Crippen molar-refractivity contribution in [3.8, 4) is 0 Å². The summed E-state index contributed by atoms with van der Waals surface area (Å²) in [5.74, 6) is 0.190. The summed E-state index contributed by atoms with van der Waals surface area (Å²) in [4.78, 5) is 14.3. The van der Waals surface area contributed by atoms with Crippen molar-refractivity contribution in [3.05, 3.63) is 82.9 Å². The molecule has 0 aliphatic carbocycles. The van der Waals surface area contributed by atoms with Crippen LogP contribution in [0.5, 0.6) is 0 Å². The first-order valence-electron chi connectivity index (χ1n) is 8.16. The van der Waals surface area contributed by atoms with Gasteiger partial charge in [-0.3, -0.25) is 4.79 Å².